The highest BCUT2D eigenvalue weighted by Crippen LogP contribution is 2.21. The first-order valence-electron chi connectivity index (χ1n) is 10.6. The third-order valence-corrected chi connectivity index (χ3v) is 5.51. The summed E-state index contributed by atoms with van der Waals surface area (Å²) in [6, 6.07) is 18.6. The SMILES string of the molecule is COc1ccccc1CC(=O)Nc1ccc(Nc2ccc(-n3nc(C)c(C)c3C)nn2)cc1. The normalized spacial score (nSPS) is 10.7. The quantitative estimate of drug-likeness (QED) is 0.437. The minimum absolute atomic E-state index is 0.110. The fourth-order valence-electron chi connectivity index (χ4n) is 3.46. The van der Waals surface area contributed by atoms with Crippen LogP contribution in [0.25, 0.3) is 5.82 Å². The average molecular weight is 443 g/mol. The molecule has 2 aromatic carbocycles. The van der Waals surface area contributed by atoms with Gasteiger partial charge in [0.05, 0.1) is 19.2 Å². The summed E-state index contributed by atoms with van der Waals surface area (Å²) < 4.78 is 7.10. The van der Waals surface area contributed by atoms with E-state index in [1.165, 1.54) is 0 Å². The first-order valence-corrected chi connectivity index (χ1v) is 10.6. The summed E-state index contributed by atoms with van der Waals surface area (Å²) in [5.41, 5.74) is 5.56. The molecule has 0 atom stereocenters. The van der Waals surface area contributed by atoms with Crippen LogP contribution in [0.3, 0.4) is 0 Å². The van der Waals surface area contributed by atoms with Crippen molar-refractivity contribution in [3.05, 3.63) is 83.2 Å². The molecular formula is C25H26N6O2. The number of rotatable bonds is 7. The van der Waals surface area contributed by atoms with Crippen LogP contribution in [0.2, 0.25) is 0 Å². The summed E-state index contributed by atoms with van der Waals surface area (Å²) in [4.78, 5) is 12.4. The monoisotopic (exact) mass is 442 g/mol. The molecule has 0 radical (unpaired) electrons. The molecule has 0 saturated heterocycles. The topological polar surface area (TPSA) is 94.0 Å². The van der Waals surface area contributed by atoms with Crippen LogP contribution in [0.5, 0.6) is 5.75 Å². The van der Waals surface area contributed by atoms with Gasteiger partial charge in [-0.2, -0.15) is 5.10 Å². The molecule has 0 unspecified atom stereocenters. The Bertz CT molecular complexity index is 1260. The van der Waals surface area contributed by atoms with Gasteiger partial charge in [0.15, 0.2) is 11.6 Å². The van der Waals surface area contributed by atoms with Crippen molar-refractivity contribution in [2.24, 2.45) is 0 Å². The van der Waals surface area contributed by atoms with E-state index < -0.39 is 0 Å². The second-order valence-electron chi connectivity index (χ2n) is 7.72. The molecule has 168 valence electrons. The number of para-hydroxylation sites is 1. The zero-order chi connectivity index (χ0) is 23.4. The van der Waals surface area contributed by atoms with Gasteiger partial charge in [0.2, 0.25) is 5.91 Å². The molecule has 0 aliphatic heterocycles. The maximum Gasteiger partial charge on any atom is 0.228 e. The van der Waals surface area contributed by atoms with E-state index in [0.717, 1.165) is 28.2 Å². The van der Waals surface area contributed by atoms with Gasteiger partial charge < -0.3 is 15.4 Å². The fraction of sp³-hybridized carbons (Fsp3) is 0.200. The second kappa shape index (κ2) is 9.52. The number of hydrogen-bond acceptors (Lipinski definition) is 6. The van der Waals surface area contributed by atoms with Crippen LogP contribution in [0.1, 0.15) is 22.5 Å². The van der Waals surface area contributed by atoms with Gasteiger partial charge in [-0.05, 0) is 68.8 Å². The lowest BCUT2D eigenvalue weighted by Gasteiger charge is -2.10. The Morgan fingerprint density at radius 3 is 2.30 bits per heavy atom. The van der Waals surface area contributed by atoms with Crippen LogP contribution < -0.4 is 15.4 Å². The number of anilines is 3. The molecule has 0 aliphatic carbocycles. The van der Waals surface area contributed by atoms with Crippen molar-refractivity contribution in [1.29, 1.82) is 0 Å². The number of nitrogens with zero attached hydrogens (tertiary/aromatic N) is 4. The Labute approximate surface area is 192 Å². The molecule has 0 spiro atoms. The van der Waals surface area contributed by atoms with Crippen molar-refractivity contribution in [2.45, 2.75) is 27.2 Å². The standard InChI is InChI=1S/C25H26N6O2/c1-16-17(2)30-31(18(16)3)24-14-13-23(28-29-24)26-20-9-11-21(12-10-20)27-25(32)15-19-7-5-6-8-22(19)33-4/h5-14H,15H2,1-4H3,(H,26,28)(H,27,32). The molecule has 8 nitrogen and oxygen atoms in total. The van der Waals surface area contributed by atoms with Gasteiger partial charge in [0.25, 0.3) is 0 Å². The van der Waals surface area contributed by atoms with Crippen molar-refractivity contribution in [3.63, 3.8) is 0 Å². The number of amides is 1. The van der Waals surface area contributed by atoms with Crippen molar-refractivity contribution in [3.8, 4) is 11.6 Å². The van der Waals surface area contributed by atoms with Gasteiger partial charge >= 0.3 is 0 Å². The summed E-state index contributed by atoms with van der Waals surface area (Å²) in [7, 11) is 1.60. The number of hydrogen-bond donors (Lipinski definition) is 2. The lowest BCUT2D eigenvalue weighted by molar-refractivity contribution is -0.115. The molecule has 0 bridgehead atoms. The number of nitrogens with one attached hydrogen (secondary N) is 2. The zero-order valence-electron chi connectivity index (χ0n) is 19.1. The van der Waals surface area contributed by atoms with Crippen LogP contribution in [0.4, 0.5) is 17.2 Å². The van der Waals surface area contributed by atoms with Gasteiger partial charge in [-0.15, -0.1) is 10.2 Å². The third-order valence-electron chi connectivity index (χ3n) is 5.51. The Morgan fingerprint density at radius 1 is 0.939 bits per heavy atom. The van der Waals surface area contributed by atoms with Crippen LogP contribution in [0.15, 0.2) is 60.7 Å². The Morgan fingerprint density at radius 2 is 1.67 bits per heavy atom. The molecule has 4 rings (SSSR count). The van der Waals surface area contributed by atoms with Gasteiger partial charge in [0, 0.05) is 22.6 Å². The number of ether oxygens (including phenoxy) is 1. The van der Waals surface area contributed by atoms with Gasteiger partial charge in [-0.3, -0.25) is 4.79 Å². The molecular weight excluding hydrogens is 416 g/mol. The molecule has 4 aromatic rings. The number of carbonyl (C=O) groups excluding carboxylic acids is 1. The molecule has 2 heterocycles. The Balaban J connectivity index is 1.37. The van der Waals surface area contributed by atoms with E-state index in [2.05, 4.69) is 25.9 Å². The number of benzene rings is 2. The lowest BCUT2D eigenvalue weighted by atomic mass is 10.1. The van der Waals surface area contributed by atoms with Crippen molar-refractivity contribution >= 4 is 23.1 Å². The third kappa shape index (κ3) is 5.01. The highest BCUT2D eigenvalue weighted by Gasteiger charge is 2.11. The van der Waals surface area contributed by atoms with Crippen LogP contribution in [-0.2, 0) is 11.2 Å². The van der Waals surface area contributed by atoms with Crippen molar-refractivity contribution in [2.75, 3.05) is 17.7 Å². The predicted molar refractivity (Wildman–Crippen MR) is 128 cm³/mol. The van der Waals surface area contributed by atoms with E-state index in [4.69, 9.17) is 4.74 Å². The number of methoxy groups -OCH3 is 1. The van der Waals surface area contributed by atoms with E-state index in [1.807, 2.05) is 81.4 Å². The minimum Gasteiger partial charge on any atom is -0.496 e. The number of aromatic nitrogens is 4. The maximum atomic E-state index is 12.4. The summed E-state index contributed by atoms with van der Waals surface area (Å²) in [5.74, 6) is 1.88. The number of carbonyl (C=O) groups is 1. The molecule has 0 aliphatic rings. The summed E-state index contributed by atoms with van der Waals surface area (Å²) in [6.07, 6.45) is 0.237. The van der Waals surface area contributed by atoms with Crippen molar-refractivity contribution in [1.82, 2.24) is 20.0 Å². The maximum absolute atomic E-state index is 12.4. The van der Waals surface area contributed by atoms with Gasteiger partial charge in [-0.1, -0.05) is 18.2 Å². The van der Waals surface area contributed by atoms with E-state index in [1.54, 1.807) is 11.8 Å². The van der Waals surface area contributed by atoms with Crippen LogP contribution in [0, 0.1) is 20.8 Å². The first-order chi connectivity index (χ1) is 15.9. The molecule has 0 fully saturated rings. The molecule has 2 N–H and O–H groups in total. The minimum atomic E-state index is -0.110. The molecule has 1 amide bonds. The van der Waals surface area contributed by atoms with Crippen LogP contribution >= 0.6 is 0 Å². The molecule has 2 aromatic heterocycles. The fourth-order valence-corrected chi connectivity index (χ4v) is 3.46. The largest absolute Gasteiger partial charge is 0.496 e. The smallest absolute Gasteiger partial charge is 0.228 e. The molecule has 0 saturated carbocycles. The summed E-state index contributed by atoms with van der Waals surface area (Å²) in [5, 5.41) is 19.2. The van der Waals surface area contributed by atoms with E-state index in [9.17, 15) is 4.79 Å². The zero-order valence-corrected chi connectivity index (χ0v) is 19.1. The first kappa shape index (κ1) is 22.0. The van der Waals surface area contributed by atoms with Gasteiger partial charge in [0.1, 0.15) is 5.75 Å². The number of aryl methyl sites for hydroxylation is 1. The summed E-state index contributed by atoms with van der Waals surface area (Å²) in [6.45, 7) is 6.04. The van der Waals surface area contributed by atoms with Crippen LogP contribution in [-0.4, -0.2) is 33.0 Å². The highest BCUT2D eigenvalue weighted by molar-refractivity contribution is 5.92. The van der Waals surface area contributed by atoms with Gasteiger partial charge in [-0.25, -0.2) is 4.68 Å². The Hall–Kier alpha value is -4.20. The molecule has 8 heteroatoms. The average Bonchev–Trinajstić information content (AvgIpc) is 3.08. The highest BCUT2D eigenvalue weighted by atomic mass is 16.5. The second-order valence-corrected chi connectivity index (χ2v) is 7.72. The lowest BCUT2D eigenvalue weighted by Crippen LogP contribution is -2.14. The predicted octanol–water partition coefficient (Wildman–Crippen LogP) is 4.52. The van der Waals surface area contributed by atoms with E-state index in [0.29, 0.717) is 23.1 Å². The van der Waals surface area contributed by atoms with E-state index in [-0.39, 0.29) is 12.3 Å². The summed E-state index contributed by atoms with van der Waals surface area (Å²) >= 11 is 0. The Kier molecular flexibility index (Phi) is 6.35. The van der Waals surface area contributed by atoms with E-state index >= 15 is 0 Å². The molecule has 33 heavy (non-hydrogen) atoms. The van der Waals surface area contributed by atoms with Crippen molar-refractivity contribution < 1.29 is 9.53 Å².